The molecule has 2 fully saturated rings. The molecule has 1 saturated carbocycles. The Balaban J connectivity index is 1.66. The Labute approximate surface area is 106 Å². The molecule has 2 heterocycles. The summed E-state index contributed by atoms with van der Waals surface area (Å²) in [7, 11) is 2.04. The van der Waals surface area contributed by atoms with E-state index in [9.17, 15) is 5.11 Å². The molecule has 1 aliphatic heterocycles. The van der Waals surface area contributed by atoms with Gasteiger partial charge in [0.2, 0.25) is 5.95 Å². The Morgan fingerprint density at radius 2 is 2.00 bits per heavy atom. The maximum absolute atomic E-state index is 10.4. The number of imidazole rings is 1. The highest BCUT2D eigenvalue weighted by molar-refractivity contribution is 5.78. The lowest BCUT2D eigenvalue weighted by Crippen LogP contribution is -2.64. The summed E-state index contributed by atoms with van der Waals surface area (Å²) in [5.41, 5.74) is 1.73. The van der Waals surface area contributed by atoms with Gasteiger partial charge in [-0.2, -0.15) is 0 Å². The molecule has 1 saturated heterocycles. The smallest absolute Gasteiger partial charge is 0.206 e. The van der Waals surface area contributed by atoms with Gasteiger partial charge >= 0.3 is 0 Å². The van der Waals surface area contributed by atoms with E-state index in [1.807, 2.05) is 25.2 Å². The molecule has 1 aromatic heterocycles. The molecule has 2 aliphatic rings. The first-order valence-corrected chi connectivity index (χ1v) is 6.56. The minimum absolute atomic E-state index is 0.446. The van der Waals surface area contributed by atoms with Crippen LogP contribution in [-0.2, 0) is 7.05 Å². The van der Waals surface area contributed by atoms with Gasteiger partial charge in [-0.05, 0) is 30.9 Å². The first-order valence-electron chi connectivity index (χ1n) is 6.56. The van der Waals surface area contributed by atoms with Crippen molar-refractivity contribution in [2.75, 3.05) is 18.0 Å². The molecule has 0 bridgehead atoms. The van der Waals surface area contributed by atoms with Crippen molar-refractivity contribution >= 4 is 17.0 Å². The molecule has 4 nitrogen and oxygen atoms in total. The van der Waals surface area contributed by atoms with Gasteiger partial charge in [0.25, 0.3) is 0 Å². The summed E-state index contributed by atoms with van der Waals surface area (Å²) in [5, 5.41) is 10.4. The van der Waals surface area contributed by atoms with E-state index in [1.54, 1.807) is 0 Å². The van der Waals surface area contributed by atoms with Gasteiger partial charge in [-0.15, -0.1) is 0 Å². The van der Waals surface area contributed by atoms with Crippen molar-refractivity contribution in [3.8, 4) is 0 Å². The number of hydrogen-bond acceptors (Lipinski definition) is 3. The van der Waals surface area contributed by atoms with Gasteiger partial charge in [0, 0.05) is 7.05 Å². The van der Waals surface area contributed by atoms with Crippen LogP contribution < -0.4 is 4.90 Å². The highest BCUT2D eigenvalue weighted by Crippen LogP contribution is 2.45. The normalized spacial score (nSPS) is 22.2. The highest BCUT2D eigenvalue weighted by Gasteiger charge is 2.52. The summed E-state index contributed by atoms with van der Waals surface area (Å²) in [5.74, 6) is 1.50. The van der Waals surface area contributed by atoms with Crippen LogP contribution in [0, 0.1) is 5.92 Å². The molecule has 0 spiro atoms. The van der Waals surface area contributed by atoms with E-state index in [0.29, 0.717) is 5.92 Å². The second kappa shape index (κ2) is 3.26. The molecule has 4 heteroatoms. The van der Waals surface area contributed by atoms with Crippen molar-refractivity contribution in [1.29, 1.82) is 0 Å². The van der Waals surface area contributed by atoms with Crippen molar-refractivity contribution < 1.29 is 5.11 Å². The number of aromatic nitrogens is 2. The van der Waals surface area contributed by atoms with Crippen LogP contribution in [-0.4, -0.2) is 33.3 Å². The summed E-state index contributed by atoms with van der Waals surface area (Å²) >= 11 is 0. The minimum atomic E-state index is -0.446. The third-order valence-electron chi connectivity index (χ3n) is 4.31. The predicted molar refractivity (Wildman–Crippen MR) is 70.6 cm³/mol. The van der Waals surface area contributed by atoms with Crippen molar-refractivity contribution in [2.24, 2.45) is 13.0 Å². The topological polar surface area (TPSA) is 41.3 Å². The number of anilines is 1. The molecule has 0 amide bonds. The molecular formula is C14H17N3O. The third-order valence-corrected chi connectivity index (χ3v) is 4.31. The number of β-amino-alcohol motifs (C(OH)–C–C–N with tert-alkyl or cyclic N) is 1. The largest absolute Gasteiger partial charge is 0.386 e. The standard InChI is InChI=1S/C14H17N3O/c1-16-12-5-3-2-4-11(12)15-13(16)17-8-14(18,9-17)10-6-7-10/h2-5,10,18H,6-9H2,1H3. The van der Waals surface area contributed by atoms with E-state index in [4.69, 9.17) is 0 Å². The monoisotopic (exact) mass is 243 g/mol. The van der Waals surface area contributed by atoms with Crippen LogP contribution in [0.1, 0.15) is 12.8 Å². The number of rotatable bonds is 2. The first kappa shape index (κ1) is 10.4. The lowest BCUT2D eigenvalue weighted by Gasteiger charge is -2.47. The Hall–Kier alpha value is -1.55. The Morgan fingerprint density at radius 3 is 2.67 bits per heavy atom. The summed E-state index contributed by atoms with van der Waals surface area (Å²) < 4.78 is 2.11. The van der Waals surface area contributed by atoms with Crippen molar-refractivity contribution in [2.45, 2.75) is 18.4 Å². The van der Waals surface area contributed by atoms with Crippen LogP contribution >= 0.6 is 0 Å². The number of aryl methyl sites for hydroxylation is 1. The molecule has 4 rings (SSSR count). The quantitative estimate of drug-likeness (QED) is 0.869. The fourth-order valence-electron chi connectivity index (χ4n) is 3.05. The zero-order valence-electron chi connectivity index (χ0n) is 10.5. The minimum Gasteiger partial charge on any atom is -0.386 e. The van der Waals surface area contributed by atoms with Crippen LogP contribution in [0.5, 0.6) is 0 Å². The van der Waals surface area contributed by atoms with Crippen molar-refractivity contribution in [3.63, 3.8) is 0 Å². The first-order chi connectivity index (χ1) is 8.67. The second-order valence-corrected chi connectivity index (χ2v) is 5.69. The summed E-state index contributed by atoms with van der Waals surface area (Å²) in [6, 6.07) is 8.16. The van der Waals surface area contributed by atoms with Gasteiger partial charge in [-0.25, -0.2) is 4.98 Å². The number of aliphatic hydroxyl groups is 1. The van der Waals surface area contributed by atoms with Gasteiger partial charge in [0.1, 0.15) is 5.60 Å². The SMILES string of the molecule is Cn1c(N2CC(O)(C3CC3)C2)nc2ccccc21. The van der Waals surface area contributed by atoms with E-state index in [2.05, 4.69) is 20.5 Å². The summed E-state index contributed by atoms with van der Waals surface area (Å²) in [4.78, 5) is 6.84. The van der Waals surface area contributed by atoms with Crippen molar-refractivity contribution in [1.82, 2.24) is 9.55 Å². The van der Waals surface area contributed by atoms with Crippen LogP contribution in [0.15, 0.2) is 24.3 Å². The average molecular weight is 243 g/mol. The van der Waals surface area contributed by atoms with Gasteiger partial charge in [-0.1, -0.05) is 12.1 Å². The molecule has 2 aromatic rings. The summed E-state index contributed by atoms with van der Waals surface area (Å²) in [6.07, 6.45) is 2.37. The van der Waals surface area contributed by atoms with Gasteiger partial charge in [0.15, 0.2) is 0 Å². The molecule has 1 aromatic carbocycles. The number of fused-ring (bicyclic) bond motifs is 1. The fourth-order valence-corrected chi connectivity index (χ4v) is 3.05. The molecule has 0 unspecified atom stereocenters. The number of nitrogens with zero attached hydrogens (tertiary/aromatic N) is 3. The molecule has 0 atom stereocenters. The predicted octanol–water partition coefficient (Wildman–Crippen LogP) is 1.53. The molecule has 18 heavy (non-hydrogen) atoms. The van der Waals surface area contributed by atoms with Crippen LogP contribution in [0.2, 0.25) is 0 Å². The maximum atomic E-state index is 10.4. The van der Waals surface area contributed by atoms with Gasteiger partial charge in [-0.3, -0.25) is 0 Å². The maximum Gasteiger partial charge on any atom is 0.206 e. The summed E-state index contributed by atoms with van der Waals surface area (Å²) in [6.45, 7) is 1.46. The lowest BCUT2D eigenvalue weighted by molar-refractivity contribution is -0.0104. The molecule has 1 aliphatic carbocycles. The number of benzene rings is 1. The van der Waals surface area contributed by atoms with Crippen LogP contribution in [0.25, 0.3) is 11.0 Å². The van der Waals surface area contributed by atoms with E-state index < -0.39 is 5.60 Å². The molecule has 1 N–H and O–H groups in total. The van der Waals surface area contributed by atoms with Crippen molar-refractivity contribution in [3.05, 3.63) is 24.3 Å². The zero-order valence-corrected chi connectivity index (χ0v) is 10.5. The van der Waals surface area contributed by atoms with Gasteiger partial charge in [0.05, 0.1) is 24.1 Å². The number of para-hydroxylation sites is 2. The molecule has 94 valence electrons. The lowest BCUT2D eigenvalue weighted by atomic mass is 9.89. The Kier molecular flexibility index (Phi) is 1.88. The van der Waals surface area contributed by atoms with E-state index in [-0.39, 0.29) is 0 Å². The molecular weight excluding hydrogens is 226 g/mol. The fraction of sp³-hybridized carbons (Fsp3) is 0.500. The van der Waals surface area contributed by atoms with E-state index in [0.717, 1.165) is 30.1 Å². The van der Waals surface area contributed by atoms with E-state index in [1.165, 1.54) is 12.8 Å². The third kappa shape index (κ3) is 1.32. The number of hydrogen-bond donors (Lipinski definition) is 1. The average Bonchev–Trinajstić information content (AvgIpc) is 3.12. The Bertz CT molecular complexity index is 609. The van der Waals surface area contributed by atoms with Crippen LogP contribution in [0.4, 0.5) is 5.95 Å². The highest BCUT2D eigenvalue weighted by atomic mass is 16.3. The zero-order chi connectivity index (χ0) is 12.3. The Morgan fingerprint density at radius 1 is 1.28 bits per heavy atom. The van der Waals surface area contributed by atoms with Gasteiger partial charge < -0.3 is 14.6 Å². The van der Waals surface area contributed by atoms with Crippen LogP contribution in [0.3, 0.4) is 0 Å². The second-order valence-electron chi connectivity index (χ2n) is 5.69. The molecule has 0 radical (unpaired) electrons. The van der Waals surface area contributed by atoms with E-state index >= 15 is 0 Å².